The second kappa shape index (κ2) is 5.82. The molecule has 1 aromatic heterocycles. The maximum Gasteiger partial charge on any atom is 0.196 e. The number of phenolic OH excluding ortho intramolecular Hbond substituents is 1. The summed E-state index contributed by atoms with van der Waals surface area (Å²) in [5.41, 5.74) is 5.94. The van der Waals surface area contributed by atoms with Crippen LogP contribution in [0.15, 0.2) is 18.2 Å². The van der Waals surface area contributed by atoms with Crippen LogP contribution in [0.1, 0.15) is 69.1 Å². The summed E-state index contributed by atoms with van der Waals surface area (Å²) in [6.45, 7) is 10.8. The molecule has 2 aliphatic rings. The number of phenols is 1. The van der Waals surface area contributed by atoms with Crippen molar-refractivity contribution in [1.29, 1.82) is 0 Å². The highest BCUT2D eigenvalue weighted by Gasteiger charge is 2.63. The molecule has 0 aliphatic heterocycles. The van der Waals surface area contributed by atoms with E-state index in [1.807, 2.05) is 32.1 Å². The van der Waals surface area contributed by atoms with Crippen molar-refractivity contribution in [2.75, 3.05) is 0 Å². The maximum absolute atomic E-state index is 12.9. The average molecular weight is 367 g/mol. The van der Waals surface area contributed by atoms with Crippen molar-refractivity contribution in [2.24, 2.45) is 11.3 Å². The topological polar surface area (TPSA) is 37.3 Å². The molecule has 1 saturated carbocycles. The Balaban J connectivity index is 1.61. The lowest BCUT2D eigenvalue weighted by Gasteiger charge is -2.09. The lowest BCUT2D eigenvalue weighted by atomic mass is 9.94. The zero-order chi connectivity index (χ0) is 18.8. The number of thiophene rings is 1. The molecule has 0 amide bonds. The fourth-order valence-electron chi connectivity index (χ4n) is 4.83. The molecule has 2 aliphatic carbocycles. The number of carbonyl (C=O) groups is 1. The van der Waals surface area contributed by atoms with E-state index in [1.165, 1.54) is 16.0 Å². The molecule has 26 heavy (non-hydrogen) atoms. The molecule has 0 radical (unpaired) electrons. The van der Waals surface area contributed by atoms with E-state index in [9.17, 15) is 9.90 Å². The van der Waals surface area contributed by atoms with Crippen molar-refractivity contribution in [1.82, 2.24) is 0 Å². The van der Waals surface area contributed by atoms with Crippen LogP contribution in [0.4, 0.5) is 0 Å². The molecule has 2 atom stereocenters. The van der Waals surface area contributed by atoms with Gasteiger partial charge < -0.3 is 5.11 Å². The standard InChI is InChI=1S/C23H26O2S/c1-6-15-10-14(9-12(2)21(15)25)7-8-18(24)22-16-11-17-20(23(17,4)5)19(16)13(3)26-22/h7-10,17,20,25H,6,11H2,1-5H3/b8-7+/t17-,20-/m1/s1. The smallest absolute Gasteiger partial charge is 0.196 e. The fourth-order valence-corrected chi connectivity index (χ4v) is 5.98. The Morgan fingerprint density at radius 1 is 1.35 bits per heavy atom. The first-order valence-electron chi connectivity index (χ1n) is 9.42. The Hall–Kier alpha value is -1.87. The number of hydrogen-bond acceptors (Lipinski definition) is 3. The van der Waals surface area contributed by atoms with Gasteiger partial charge in [0.15, 0.2) is 5.78 Å². The average Bonchev–Trinajstić information content (AvgIpc) is 2.95. The number of benzene rings is 1. The Labute approximate surface area is 159 Å². The van der Waals surface area contributed by atoms with Crippen LogP contribution in [0, 0.1) is 25.2 Å². The van der Waals surface area contributed by atoms with Gasteiger partial charge in [-0.15, -0.1) is 11.3 Å². The van der Waals surface area contributed by atoms with Crippen molar-refractivity contribution in [3.63, 3.8) is 0 Å². The first kappa shape index (κ1) is 17.5. The van der Waals surface area contributed by atoms with Crippen LogP contribution < -0.4 is 0 Å². The Morgan fingerprint density at radius 3 is 2.77 bits per heavy atom. The van der Waals surface area contributed by atoms with E-state index in [0.29, 0.717) is 17.1 Å². The van der Waals surface area contributed by atoms with Crippen LogP contribution in [-0.4, -0.2) is 10.9 Å². The summed E-state index contributed by atoms with van der Waals surface area (Å²) in [5, 5.41) is 10.1. The Bertz CT molecular complexity index is 946. The second-order valence-electron chi connectivity index (χ2n) is 8.39. The largest absolute Gasteiger partial charge is 0.507 e. The lowest BCUT2D eigenvalue weighted by molar-refractivity contribution is 0.105. The number of carbonyl (C=O) groups excluding carboxylic acids is 1. The first-order chi connectivity index (χ1) is 12.3. The number of ketones is 1. The van der Waals surface area contributed by atoms with Gasteiger partial charge in [0, 0.05) is 4.88 Å². The number of fused-ring (bicyclic) bond motifs is 3. The highest BCUT2D eigenvalue weighted by Crippen LogP contribution is 2.71. The minimum atomic E-state index is 0.113. The Kier molecular flexibility index (Phi) is 3.92. The molecule has 0 saturated heterocycles. The van der Waals surface area contributed by atoms with Crippen LogP contribution >= 0.6 is 11.3 Å². The fraction of sp³-hybridized carbons (Fsp3) is 0.435. The zero-order valence-electron chi connectivity index (χ0n) is 16.1. The summed E-state index contributed by atoms with van der Waals surface area (Å²) in [5.74, 6) is 1.86. The van der Waals surface area contributed by atoms with Gasteiger partial charge >= 0.3 is 0 Å². The lowest BCUT2D eigenvalue weighted by Crippen LogP contribution is -2.03. The van der Waals surface area contributed by atoms with E-state index in [0.717, 1.165) is 40.3 Å². The van der Waals surface area contributed by atoms with Crippen LogP contribution in [0.2, 0.25) is 0 Å². The van der Waals surface area contributed by atoms with Crippen LogP contribution in [0.5, 0.6) is 5.75 Å². The van der Waals surface area contributed by atoms with Gasteiger partial charge in [0.05, 0.1) is 4.88 Å². The summed E-state index contributed by atoms with van der Waals surface area (Å²) < 4.78 is 0. The third-order valence-corrected chi connectivity index (χ3v) is 7.63. The van der Waals surface area contributed by atoms with Gasteiger partial charge in [-0.25, -0.2) is 0 Å². The molecule has 0 spiro atoms. The molecular weight excluding hydrogens is 340 g/mol. The van der Waals surface area contributed by atoms with Crippen LogP contribution in [0.25, 0.3) is 6.08 Å². The molecule has 0 unspecified atom stereocenters. The summed E-state index contributed by atoms with van der Waals surface area (Å²) in [4.78, 5) is 15.1. The molecule has 0 bridgehead atoms. The Morgan fingerprint density at radius 2 is 2.08 bits per heavy atom. The summed E-state index contributed by atoms with van der Waals surface area (Å²) in [6, 6.07) is 3.90. The van der Waals surface area contributed by atoms with Gasteiger partial charge in [-0.1, -0.05) is 26.8 Å². The van der Waals surface area contributed by atoms with E-state index in [4.69, 9.17) is 0 Å². The molecular formula is C23H26O2S. The molecule has 1 fully saturated rings. The SMILES string of the molecule is CCc1cc(/C=C/C(=O)c2sc(C)c3c2C[C@@H]2[C@H]3C2(C)C)cc(C)c1O. The van der Waals surface area contributed by atoms with Gasteiger partial charge in [0.1, 0.15) is 5.75 Å². The van der Waals surface area contributed by atoms with Gasteiger partial charge in [-0.2, -0.15) is 0 Å². The zero-order valence-corrected chi connectivity index (χ0v) is 17.0. The quantitative estimate of drug-likeness (QED) is 0.546. The number of allylic oxidation sites excluding steroid dienone is 1. The van der Waals surface area contributed by atoms with E-state index >= 15 is 0 Å². The number of aromatic hydroxyl groups is 1. The molecule has 3 heteroatoms. The monoisotopic (exact) mass is 366 g/mol. The highest BCUT2D eigenvalue weighted by molar-refractivity contribution is 7.14. The van der Waals surface area contributed by atoms with Gasteiger partial charge in [-0.05, 0) is 90.0 Å². The maximum atomic E-state index is 12.9. The van der Waals surface area contributed by atoms with Crippen LogP contribution in [-0.2, 0) is 12.8 Å². The van der Waals surface area contributed by atoms with Crippen LogP contribution in [0.3, 0.4) is 0 Å². The molecule has 4 rings (SSSR count). The number of aryl methyl sites for hydroxylation is 3. The minimum Gasteiger partial charge on any atom is -0.507 e. The van der Waals surface area contributed by atoms with E-state index < -0.39 is 0 Å². The third kappa shape index (κ3) is 2.48. The third-order valence-electron chi connectivity index (χ3n) is 6.45. The first-order valence-corrected chi connectivity index (χ1v) is 10.2. The second-order valence-corrected chi connectivity index (χ2v) is 9.61. The molecule has 1 heterocycles. The molecule has 1 aromatic carbocycles. The molecule has 2 aromatic rings. The molecule has 136 valence electrons. The van der Waals surface area contributed by atoms with Gasteiger partial charge in [0.25, 0.3) is 0 Å². The van der Waals surface area contributed by atoms with E-state index in [1.54, 1.807) is 17.4 Å². The molecule has 1 N–H and O–H groups in total. The van der Waals surface area contributed by atoms with Crippen molar-refractivity contribution in [3.8, 4) is 5.75 Å². The number of hydrogen-bond donors (Lipinski definition) is 1. The van der Waals surface area contributed by atoms with Crippen molar-refractivity contribution < 1.29 is 9.90 Å². The summed E-state index contributed by atoms with van der Waals surface area (Å²) >= 11 is 1.66. The van der Waals surface area contributed by atoms with Crippen molar-refractivity contribution in [3.05, 3.63) is 55.8 Å². The van der Waals surface area contributed by atoms with E-state index in [-0.39, 0.29) is 5.78 Å². The molecule has 2 nitrogen and oxygen atoms in total. The van der Waals surface area contributed by atoms with Crippen molar-refractivity contribution in [2.45, 2.75) is 53.4 Å². The predicted octanol–water partition coefficient (Wildman–Crippen LogP) is 5.82. The normalized spacial score (nSPS) is 22.5. The highest BCUT2D eigenvalue weighted by atomic mass is 32.1. The number of rotatable bonds is 4. The van der Waals surface area contributed by atoms with Crippen molar-refractivity contribution >= 4 is 23.2 Å². The van der Waals surface area contributed by atoms with Gasteiger partial charge in [0.2, 0.25) is 0 Å². The van der Waals surface area contributed by atoms with E-state index in [2.05, 4.69) is 20.8 Å². The predicted molar refractivity (Wildman–Crippen MR) is 108 cm³/mol. The summed E-state index contributed by atoms with van der Waals surface area (Å²) in [7, 11) is 0. The minimum absolute atomic E-state index is 0.113. The summed E-state index contributed by atoms with van der Waals surface area (Å²) in [6.07, 6.45) is 5.42. The van der Waals surface area contributed by atoms with Gasteiger partial charge in [-0.3, -0.25) is 4.79 Å².